The number of hydrogen-bond acceptors (Lipinski definition) is 3. The summed E-state index contributed by atoms with van der Waals surface area (Å²) in [5.74, 6) is 0.920. The monoisotopic (exact) mass is 346 g/mol. The fourth-order valence-electron chi connectivity index (χ4n) is 3.77. The second-order valence-electron chi connectivity index (χ2n) is 6.97. The predicted octanol–water partition coefficient (Wildman–Crippen LogP) is 5.37. The number of aromatic nitrogens is 1. The van der Waals surface area contributed by atoms with Crippen LogP contribution in [0.15, 0.2) is 54.7 Å². The number of hydrogen-bond donors (Lipinski definition) is 0. The maximum Gasteiger partial charge on any atom is 0.130 e. The molecule has 2 aromatic carbocycles. The van der Waals surface area contributed by atoms with E-state index in [4.69, 9.17) is 4.74 Å². The second kappa shape index (κ2) is 7.77. The number of nitrogens with zero attached hydrogens (tertiary/aromatic N) is 2. The van der Waals surface area contributed by atoms with Gasteiger partial charge in [-0.1, -0.05) is 43.3 Å². The van der Waals surface area contributed by atoms with E-state index in [-0.39, 0.29) is 0 Å². The van der Waals surface area contributed by atoms with E-state index in [1.165, 1.54) is 35.9 Å². The van der Waals surface area contributed by atoms with Crippen molar-refractivity contribution in [1.82, 2.24) is 4.98 Å². The number of ether oxygens (including phenoxy) is 1. The van der Waals surface area contributed by atoms with Gasteiger partial charge in [-0.3, -0.25) is 4.98 Å². The van der Waals surface area contributed by atoms with Crippen molar-refractivity contribution in [2.45, 2.75) is 39.2 Å². The third kappa shape index (κ3) is 3.52. The third-order valence-corrected chi connectivity index (χ3v) is 5.22. The molecule has 2 heterocycles. The topological polar surface area (TPSA) is 25.4 Å². The Morgan fingerprint density at radius 1 is 1.00 bits per heavy atom. The van der Waals surface area contributed by atoms with Crippen LogP contribution in [-0.4, -0.2) is 18.1 Å². The zero-order chi connectivity index (χ0) is 17.8. The molecular weight excluding hydrogens is 320 g/mol. The lowest BCUT2D eigenvalue weighted by molar-refractivity contribution is 0.305. The number of benzene rings is 2. The summed E-state index contributed by atoms with van der Waals surface area (Å²) < 4.78 is 6.14. The first kappa shape index (κ1) is 16.9. The SMILES string of the molecule is CCc1cnc(COc2cccc3ccccc23)cc1N1CCCCC1. The highest BCUT2D eigenvalue weighted by atomic mass is 16.5. The minimum absolute atomic E-state index is 0.499. The lowest BCUT2D eigenvalue weighted by Crippen LogP contribution is -2.30. The minimum atomic E-state index is 0.499. The Morgan fingerprint density at radius 3 is 2.65 bits per heavy atom. The standard InChI is InChI=1S/C23H26N2O/c1-2-18-16-24-20(15-22(18)25-13-6-3-7-14-25)17-26-23-12-8-10-19-9-4-5-11-21(19)23/h4-5,8-12,15-16H,2-3,6-7,13-14,17H2,1H3. The van der Waals surface area contributed by atoms with Gasteiger partial charge in [0.1, 0.15) is 12.4 Å². The molecule has 0 bridgehead atoms. The van der Waals surface area contributed by atoms with Crippen molar-refractivity contribution in [1.29, 1.82) is 0 Å². The predicted molar refractivity (Wildman–Crippen MR) is 108 cm³/mol. The van der Waals surface area contributed by atoms with Gasteiger partial charge >= 0.3 is 0 Å². The molecule has 0 aliphatic carbocycles. The molecule has 0 N–H and O–H groups in total. The van der Waals surface area contributed by atoms with Gasteiger partial charge in [-0.25, -0.2) is 0 Å². The van der Waals surface area contributed by atoms with Crippen molar-refractivity contribution in [3.8, 4) is 5.75 Å². The van der Waals surface area contributed by atoms with Gasteiger partial charge in [-0.2, -0.15) is 0 Å². The van der Waals surface area contributed by atoms with E-state index < -0.39 is 0 Å². The van der Waals surface area contributed by atoms with Crippen LogP contribution < -0.4 is 9.64 Å². The van der Waals surface area contributed by atoms with Crippen molar-refractivity contribution in [2.75, 3.05) is 18.0 Å². The Balaban J connectivity index is 1.56. The van der Waals surface area contributed by atoms with Crippen LogP contribution in [0, 0.1) is 0 Å². The molecule has 134 valence electrons. The van der Waals surface area contributed by atoms with Gasteiger partial charge in [0.25, 0.3) is 0 Å². The molecule has 3 heteroatoms. The Hall–Kier alpha value is -2.55. The van der Waals surface area contributed by atoms with Gasteiger partial charge < -0.3 is 9.64 Å². The van der Waals surface area contributed by atoms with Crippen molar-refractivity contribution in [3.63, 3.8) is 0 Å². The molecule has 1 aliphatic rings. The number of piperidine rings is 1. The summed E-state index contributed by atoms with van der Waals surface area (Å²) in [6.45, 7) is 5.01. The van der Waals surface area contributed by atoms with Crippen LogP contribution >= 0.6 is 0 Å². The normalized spacial score (nSPS) is 14.6. The summed E-state index contributed by atoms with van der Waals surface area (Å²) in [4.78, 5) is 7.17. The molecule has 1 saturated heterocycles. The zero-order valence-electron chi connectivity index (χ0n) is 15.4. The van der Waals surface area contributed by atoms with Crippen molar-refractivity contribution in [2.24, 2.45) is 0 Å². The van der Waals surface area contributed by atoms with Crippen molar-refractivity contribution in [3.05, 3.63) is 66.0 Å². The van der Waals surface area contributed by atoms with Crippen LogP contribution in [0.2, 0.25) is 0 Å². The van der Waals surface area contributed by atoms with Crippen LogP contribution in [0.25, 0.3) is 10.8 Å². The third-order valence-electron chi connectivity index (χ3n) is 5.22. The van der Waals surface area contributed by atoms with Crippen LogP contribution in [0.1, 0.15) is 37.4 Å². The fourth-order valence-corrected chi connectivity index (χ4v) is 3.77. The average Bonchev–Trinajstić information content (AvgIpc) is 2.72. The maximum absolute atomic E-state index is 6.14. The Morgan fingerprint density at radius 2 is 1.81 bits per heavy atom. The van der Waals surface area contributed by atoms with Crippen LogP contribution in [0.5, 0.6) is 5.75 Å². The molecule has 4 rings (SSSR count). The van der Waals surface area contributed by atoms with E-state index in [2.05, 4.69) is 53.2 Å². The second-order valence-corrected chi connectivity index (χ2v) is 6.97. The lowest BCUT2D eigenvalue weighted by Gasteiger charge is -2.30. The number of rotatable bonds is 5. The molecule has 0 radical (unpaired) electrons. The highest BCUT2D eigenvalue weighted by Crippen LogP contribution is 2.28. The molecule has 1 fully saturated rings. The molecule has 1 aliphatic heterocycles. The lowest BCUT2D eigenvalue weighted by atomic mass is 10.1. The van der Waals surface area contributed by atoms with E-state index in [0.29, 0.717) is 6.61 Å². The van der Waals surface area contributed by atoms with Gasteiger partial charge in [0.2, 0.25) is 0 Å². The molecular formula is C23H26N2O. The molecule has 1 aromatic heterocycles. The molecule has 0 unspecified atom stereocenters. The van der Waals surface area contributed by atoms with Gasteiger partial charge in [-0.15, -0.1) is 0 Å². The Bertz CT molecular complexity index is 879. The summed E-state index contributed by atoms with van der Waals surface area (Å²) in [6, 6.07) is 16.8. The summed E-state index contributed by atoms with van der Waals surface area (Å²) in [5.41, 5.74) is 3.68. The molecule has 3 nitrogen and oxygen atoms in total. The average molecular weight is 346 g/mol. The van der Waals surface area contributed by atoms with Crippen LogP contribution in [-0.2, 0) is 13.0 Å². The highest BCUT2D eigenvalue weighted by Gasteiger charge is 2.15. The van der Waals surface area contributed by atoms with Gasteiger partial charge in [0.05, 0.1) is 5.69 Å². The largest absolute Gasteiger partial charge is 0.487 e. The van der Waals surface area contributed by atoms with Gasteiger partial charge in [-0.05, 0) is 48.8 Å². The molecule has 0 saturated carbocycles. The first-order valence-corrected chi connectivity index (χ1v) is 9.68. The molecule has 26 heavy (non-hydrogen) atoms. The molecule has 0 atom stereocenters. The van der Waals surface area contributed by atoms with Gasteiger partial charge in [0, 0.05) is 30.4 Å². The number of aryl methyl sites for hydroxylation is 1. The van der Waals surface area contributed by atoms with E-state index in [1.807, 2.05) is 18.3 Å². The number of fused-ring (bicyclic) bond motifs is 1. The van der Waals surface area contributed by atoms with E-state index in [1.54, 1.807) is 0 Å². The van der Waals surface area contributed by atoms with Gasteiger partial charge in [0.15, 0.2) is 0 Å². The maximum atomic E-state index is 6.14. The van der Waals surface area contributed by atoms with Crippen LogP contribution in [0.4, 0.5) is 5.69 Å². The molecule has 3 aromatic rings. The number of pyridine rings is 1. The highest BCUT2D eigenvalue weighted by molar-refractivity contribution is 5.88. The Labute approximate surface area is 155 Å². The van der Waals surface area contributed by atoms with Crippen molar-refractivity contribution < 1.29 is 4.74 Å². The summed E-state index contributed by atoms with van der Waals surface area (Å²) in [5, 5.41) is 2.35. The first-order valence-electron chi connectivity index (χ1n) is 9.68. The molecule has 0 spiro atoms. The quantitative estimate of drug-likeness (QED) is 0.621. The smallest absolute Gasteiger partial charge is 0.130 e. The number of anilines is 1. The van der Waals surface area contributed by atoms with Crippen LogP contribution in [0.3, 0.4) is 0 Å². The summed E-state index contributed by atoms with van der Waals surface area (Å²) >= 11 is 0. The first-order chi connectivity index (χ1) is 12.8. The zero-order valence-corrected chi connectivity index (χ0v) is 15.4. The van der Waals surface area contributed by atoms with E-state index >= 15 is 0 Å². The van der Waals surface area contributed by atoms with E-state index in [9.17, 15) is 0 Å². The summed E-state index contributed by atoms with van der Waals surface area (Å²) in [6.07, 6.45) is 6.97. The van der Waals surface area contributed by atoms with Crippen molar-refractivity contribution >= 4 is 16.5 Å². The Kier molecular flexibility index (Phi) is 5.05. The minimum Gasteiger partial charge on any atom is -0.487 e. The summed E-state index contributed by atoms with van der Waals surface area (Å²) in [7, 11) is 0. The van der Waals surface area contributed by atoms with E-state index in [0.717, 1.165) is 36.3 Å². The fraction of sp³-hybridized carbons (Fsp3) is 0.348. The molecule has 0 amide bonds.